The molecule has 0 heterocycles. The zero-order chi connectivity index (χ0) is 28.2. The third-order valence-electron chi connectivity index (χ3n) is 8.37. The summed E-state index contributed by atoms with van der Waals surface area (Å²) in [4.78, 5) is 0. The smallest absolute Gasteiger partial charge is 0.0595 e. The lowest BCUT2D eigenvalue weighted by Crippen LogP contribution is -2.24. The van der Waals surface area contributed by atoms with Crippen LogP contribution in [0.3, 0.4) is 0 Å². The van der Waals surface area contributed by atoms with Gasteiger partial charge in [0, 0.05) is 23.9 Å². The molecule has 2 nitrogen and oxygen atoms in total. The first-order chi connectivity index (χ1) is 19.4. The summed E-state index contributed by atoms with van der Waals surface area (Å²) in [6.07, 6.45) is 4.53. The Hall–Kier alpha value is -1.46. The van der Waals surface area contributed by atoms with Gasteiger partial charge in [-0.2, -0.15) is 0 Å². The molecule has 4 atom stereocenters. The Morgan fingerprint density at radius 3 is 1.17 bits per heavy atom. The van der Waals surface area contributed by atoms with E-state index in [0.717, 1.165) is 25.7 Å². The van der Waals surface area contributed by atoms with Crippen LogP contribution >= 0.6 is 71.2 Å². The van der Waals surface area contributed by atoms with Crippen LogP contribution in [0.5, 0.6) is 0 Å². The van der Waals surface area contributed by atoms with Gasteiger partial charge in [0.05, 0.1) is 20.1 Å². The number of fused-ring (bicyclic) bond motifs is 2. The number of benzene rings is 4. The molecule has 2 N–H and O–H groups in total. The van der Waals surface area contributed by atoms with E-state index in [1.807, 2.05) is 38.4 Å². The maximum Gasteiger partial charge on any atom is 0.0595 e. The van der Waals surface area contributed by atoms with Gasteiger partial charge in [-0.25, -0.2) is 0 Å². The molecule has 0 unspecified atom stereocenters. The number of hydrogen-bond donors (Lipinski definition) is 2. The van der Waals surface area contributed by atoms with Crippen LogP contribution in [-0.2, 0) is 0 Å². The van der Waals surface area contributed by atoms with Crippen molar-refractivity contribution >= 4 is 71.2 Å². The van der Waals surface area contributed by atoms with Crippen LogP contribution < -0.4 is 10.6 Å². The topological polar surface area (TPSA) is 24.1 Å². The number of halogens is 6. The van der Waals surface area contributed by atoms with Gasteiger partial charge in [0.15, 0.2) is 0 Å². The molecule has 224 valence electrons. The molecule has 42 heavy (non-hydrogen) atoms. The van der Waals surface area contributed by atoms with Crippen molar-refractivity contribution < 1.29 is 0 Å². The number of nitrogens with one attached hydrogen (secondary N) is 2. The normalized spacial score (nSPS) is 20.5. The average molecular weight is 685 g/mol. The minimum Gasteiger partial charge on any atom is -0.313 e. The molecule has 2 aliphatic carbocycles. The molecule has 0 saturated heterocycles. The van der Waals surface area contributed by atoms with Gasteiger partial charge in [0.2, 0.25) is 0 Å². The van der Waals surface area contributed by atoms with E-state index >= 15 is 0 Å². The van der Waals surface area contributed by atoms with Crippen molar-refractivity contribution in [2.24, 2.45) is 0 Å². The zero-order valence-corrected chi connectivity index (χ0v) is 28.2. The minimum absolute atomic E-state index is 0. The van der Waals surface area contributed by atoms with Crippen molar-refractivity contribution in [1.82, 2.24) is 10.6 Å². The van der Waals surface area contributed by atoms with Crippen LogP contribution in [-0.4, -0.2) is 14.1 Å². The maximum absolute atomic E-state index is 6.17. The fourth-order valence-corrected chi connectivity index (χ4v) is 6.94. The summed E-state index contributed by atoms with van der Waals surface area (Å²) in [5, 5.41) is 9.32. The van der Waals surface area contributed by atoms with E-state index < -0.39 is 0 Å². The summed E-state index contributed by atoms with van der Waals surface area (Å²) in [6, 6.07) is 30.2. The standard InChI is InChI=1S/2C17H17Cl2N.2ClH/c2*1-20-17-9-7-12(13-4-2-3-5-14(13)17)11-6-8-15(18)16(19)10-11;;/h2*2-6,8,10,12,17,20H,7,9H2,1H3;2*1H/t2*12-,17-;;/m10../s1. The first kappa shape index (κ1) is 35.0. The van der Waals surface area contributed by atoms with Crippen molar-refractivity contribution in [1.29, 1.82) is 0 Å². The van der Waals surface area contributed by atoms with Gasteiger partial charge in [0.25, 0.3) is 0 Å². The molecule has 4 aromatic carbocycles. The molecular weight excluding hydrogens is 649 g/mol. The summed E-state index contributed by atoms with van der Waals surface area (Å²) >= 11 is 24.4. The molecule has 0 aromatic heterocycles. The van der Waals surface area contributed by atoms with Crippen molar-refractivity contribution in [2.45, 2.75) is 49.6 Å². The molecule has 2 aliphatic rings. The Morgan fingerprint density at radius 1 is 0.476 bits per heavy atom. The summed E-state index contributed by atoms with van der Waals surface area (Å²) in [6.45, 7) is 0. The molecule has 0 bridgehead atoms. The molecular formula is C34H36Cl6N2. The lowest BCUT2D eigenvalue weighted by atomic mass is 9.77. The second kappa shape index (κ2) is 16.0. The van der Waals surface area contributed by atoms with Crippen molar-refractivity contribution in [3.8, 4) is 0 Å². The molecule has 8 heteroatoms. The molecule has 4 aromatic rings. The summed E-state index contributed by atoms with van der Waals surface area (Å²) in [7, 11) is 4.06. The Balaban J connectivity index is 0.000000220. The Labute approximate surface area is 282 Å². The zero-order valence-electron chi connectivity index (χ0n) is 23.5. The number of hydrogen-bond acceptors (Lipinski definition) is 2. The van der Waals surface area contributed by atoms with Crippen molar-refractivity contribution in [3.05, 3.63) is 138 Å². The van der Waals surface area contributed by atoms with Crippen molar-refractivity contribution in [3.63, 3.8) is 0 Å². The molecule has 0 spiro atoms. The summed E-state index contributed by atoms with van der Waals surface area (Å²) in [5.74, 6) is 0.816. The highest BCUT2D eigenvalue weighted by molar-refractivity contribution is 6.42. The fourth-order valence-electron chi connectivity index (χ4n) is 6.33. The van der Waals surface area contributed by atoms with Gasteiger partial charge in [-0.1, -0.05) is 107 Å². The lowest BCUT2D eigenvalue weighted by molar-refractivity contribution is 0.471. The van der Waals surface area contributed by atoms with Gasteiger partial charge < -0.3 is 10.6 Å². The quantitative estimate of drug-likeness (QED) is 0.224. The van der Waals surface area contributed by atoms with Gasteiger partial charge in [0.1, 0.15) is 0 Å². The number of rotatable bonds is 4. The SMILES string of the molecule is CN[C@@H]1CC[C@H](c2ccc(Cl)c(Cl)c2)c2ccccc21.CN[C@H]1CC[C@@H](c2ccc(Cl)c(Cl)c2)c2ccccc21.Cl.Cl. The van der Waals surface area contributed by atoms with Crippen LogP contribution in [0.4, 0.5) is 0 Å². The molecule has 6 rings (SSSR count). The van der Waals surface area contributed by atoms with E-state index in [-0.39, 0.29) is 24.8 Å². The fraction of sp³-hybridized carbons (Fsp3) is 0.294. The molecule has 0 amide bonds. The highest BCUT2D eigenvalue weighted by atomic mass is 35.5. The van der Waals surface area contributed by atoms with Crippen molar-refractivity contribution in [2.75, 3.05) is 14.1 Å². The Morgan fingerprint density at radius 2 is 0.833 bits per heavy atom. The third kappa shape index (κ3) is 7.60. The largest absolute Gasteiger partial charge is 0.313 e. The van der Waals surface area contributed by atoms with E-state index in [1.165, 1.54) is 33.4 Å². The first-order valence-corrected chi connectivity index (χ1v) is 15.3. The van der Waals surface area contributed by atoms with Gasteiger partial charge in [-0.05, 0) is 97.4 Å². The highest BCUT2D eigenvalue weighted by Crippen LogP contribution is 2.43. The van der Waals surface area contributed by atoms with Crippen LogP contribution in [0.2, 0.25) is 20.1 Å². The lowest BCUT2D eigenvalue weighted by Gasteiger charge is -2.32. The molecule has 0 aliphatic heterocycles. The summed E-state index contributed by atoms with van der Waals surface area (Å²) in [5.41, 5.74) is 8.10. The predicted octanol–water partition coefficient (Wildman–Crippen LogP) is 11.2. The predicted molar refractivity (Wildman–Crippen MR) is 186 cm³/mol. The average Bonchev–Trinajstić information content (AvgIpc) is 2.99. The monoisotopic (exact) mass is 682 g/mol. The van der Waals surface area contributed by atoms with E-state index in [1.54, 1.807) is 0 Å². The Bertz CT molecular complexity index is 1370. The minimum atomic E-state index is 0. The van der Waals surface area contributed by atoms with Gasteiger partial charge >= 0.3 is 0 Å². The molecule has 0 saturated carbocycles. The maximum atomic E-state index is 6.17. The van der Waals surface area contributed by atoms with Crippen LogP contribution in [0, 0.1) is 0 Å². The van der Waals surface area contributed by atoms with E-state index in [2.05, 4.69) is 71.3 Å². The first-order valence-electron chi connectivity index (χ1n) is 13.8. The van der Waals surface area contributed by atoms with Crippen LogP contribution in [0.15, 0.2) is 84.9 Å². The van der Waals surface area contributed by atoms with Gasteiger partial charge in [-0.3, -0.25) is 0 Å². The van der Waals surface area contributed by atoms with Gasteiger partial charge in [-0.15, -0.1) is 24.8 Å². The van der Waals surface area contributed by atoms with E-state index in [0.29, 0.717) is 44.0 Å². The van der Waals surface area contributed by atoms with Crippen LogP contribution in [0.1, 0.15) is 83.0 Å². The van der Waals surface area contributed by atoms with Crippen LogP contribution in [0.25, 0.3) is 0 Å². The summed E-state index contributed by atoms with van der Waals surface area (Å²) < 4.78 is 0. The Kier molecular flexibility index (Phi) is 13.4. The molecule has 0 fully saturated rings. The molecule has 0 radical (unpaired) electrons. The van der Waals surface area contributed by atoms with E-state index in [9.17, 15) is 0 Å². The second-order valence-corrected chi connectivity index (χ2v) is 12.2. The third-order valence-corrected chi connectivity index (χ3v) is 9.85. The highest BCUT2D eigenvalue weighted by Gasteiger charge is 2.28. The second-order valence-electron chi connectivity index (χ2n) is 10.5. The van der Waals surface area contributed by atoms with E-state index in [4.69, 9.17) is 46.4 Å².